The molecule has 0 saturated heterocycles. The highest BCUT2D eigenvalue weighted by Crippen LogP contribution is 2.48. The Balaban J connectivity index is 1.92. The molecule has 1 aliphatic carbocycles. The summed E-state index contributed by atoms with van der Waals surface area (Å²) in [6, 6.07) is 13.9. The Morgan fingerprint density at radius 1 is 1.13 bits per heavy atom. The van der Waals surface area contributed by atoms with E-state index in [9.17, 15) is 20.2 Å². The Kier molecular flexibility index (Phi) is 4.82. The maximum atomic E-state index is 13.0. The van der Waals surface area contributed by atoms with Crippen molar-refractivity contribution in [1.82, 2.24) is 0 Å². The molecule has 1 aromatic carbocycles. The molecule has 0 saturated carbocycles. The monoisotopic (exact) mass is 417 g/mol. The zero-order valence-electron chi connectivity index (χ0n) is 15.7. The van der Waals surface area contributed by atoms with Gasteiger partial charge >= 0.3 is 5.00 Å². The molecule has 4 rings (SSSR count). The first-order valence-corrected chi connectivity index (χ1v) is 9.98. The zero-order valence-corrected chi connectivity index (χ0v) is 16.5. The number of ketones is 1. The number of benzene rings is 1. The topological polar surface area (TPSA) is 137 Å². The minimum atomic E-state index is -0.717. The van der Waals surface area contributed by atoms with E-state index in [0.717, 1.165) is 11.3 Å². The zero-order chi connectivity index (χ0) is 21.4. The van der Waals surface area contributed by atoms with E-state index < -0.39 is 10.8 Å². The number of nitrogens with two attached hydrogens (primary N) is 1. The number of allylic oxidation sites excluding steroid dienone is 3. The fourth-order valence-electron chi connectivity index (χ4n) is 3.95. The standard InChI is InChI=1S/C21H15N5O3S/c22-10-12-4-6-13(7-5-12)25-15-2-1-3-16(27)20(15)19(14(11-23)21(25)24)17-8-9-18(30-17)26(28)29/h4-9,19H,1-3,24H2. The van der Waals surface area contributed by atoms with E-state index in [-0.39, 0.29) is 22.2 Å². The maximum absolute atomic E-state index is 13.0. The maximum Gasteiger partial charge on any atom is 0.324 e. The van der Waals surface area contributed by atoms with Crippen LogP contribution in [-0.2, 0) is 4.79 Å². The molecular weight excluding hydrogens is 402 g/mol. The molecule has 148 valence electrons. The molecule has 9 heteroatoms. The van der Waals surface area contributed by atoms with E-state index in [0.29, 0.717) is 46.7 Å². The summed E-state index contributed by atoms with van der Waals surface area (Å²) < 4.78 is 0. The van der Waals surface area contributed by atoms with E-state index in [1.807, 2.05) is 0 Å². The Hall–Kier alpha value is -3.95. The number of nitro groups is 1. The van der Waals surface area contributed by atoms with Crippen molar-refractivity contribution in [3.05, 3.63) is 79.6 Å². The molecule has 30 heavy (non-hydrogen) atoms. The second kappa shape index (κ2) is 7.47. The summed E-state index contributed by atoms with van der Waals surface area (Å²) in [6.07, 6.45) is 1.59. The summed E-state index contributed by atoms with van der Waals surface area (Å²) in [5.41, 5.74) is 8.91. The fraction of sp³-hybridized carbons (Fsp3) is 0.190. The Bertz CT molecular complexity index is 1210. The lowest BCUT2D eigenvalue weighted by Crippen LogP contribution is -2.38. The first kappa shape index (κ1) is 19.4. The molecule has 0 bridgehead atoms. The van der Waals surface area contributed by atoms with Crippen LogP contribution in [0.15, 0.2) is 59.1 Å². The average Bonchev–Trinajstić information content (AvgIpc) is 3.23. The molecule has 0 spiro atoms. The van der Waals surface area contributed by atoms with E-state index in [1.54, 1.807) is 35.2 Å². The molecule has 1 aromatic heterocycles. The van der Waals surface area contributed by atoms with Crippen LogP contribution in [0.2, 0.25) is 0 Å². The molecule has 0 fully saturated rings. The third-order valence-corrected chi connectivity index (χ3v) is 6.35. The summed E-state index contributed by atoms with van der Waals surface area (Å²) in [5.74, 6) is -0.612. The molecule has 1 aliphatic heterocycles. The van der Waals surface area contributed by atoms with Crippen LogP contribution in [-0.4, -0.2) is 10.7 Å². The van der Waals surface area contributed by atoms with Gasteiger partial charge < -0.3 is 5.73 Å². The number of rotatable bonds is 3. The van der Waals surface area contributed by atoms with Crippen molar-refractivity contribution in [2.75, 3.05) is 4.90 Å². The van der Waals surface area contributed by atoms with Crippen LogP contribution in [0.3, 0.4) is 0 Å². The van der Waals surface area contributed by atoms with Crippen molar-refractivity contribution in [2.24, 2.45) is 5.73 Å². The largest absolute Gasteiger partial charge is 0.384 e. The molecule has 2 heterocycles. The third-order valence-electron chi connectivity index (χ3n) is 5.24. The third kappa shape index (κ3) is 3.02. The van der Waals surface area contributed by atoms with Crippen molar-refractivity contribution in [1.29, 1.82) is 10.5 Å². The number of carbonyl (C=O) groups is 1. The minimum Gasteiger partial charge on any atom is -0.384 e. The number of hydrogen-bond donors (Lipinski definition) is 1. The summed E-state index contributed by atoms with van der Waals surface area (Å²) >= 11 is 0.948. The number of Topliss-reactive ketones (excluding diaryl/α,β-unsaturated/α-hetero) is 1. The quantitative estimate of drug-likeness (QED) is 0.591. The van der Waals surface area contributed by atoms with Crippen LogP contribution < -0.4 is 10.6 Å². The predicted octanol–water partition coefficient (Wildman–Crippen LogP) is 3.83. The molecule has 2 N–H and O–H groups in total. The smallest absolute Gasteiger partial charge is 0.324 e. The Morgan fingerprint density at radius 3 is 2.47 bits per heavy atom. The molecule has 1 unspecified atom stereocenters. The van der Waals surface area contributed by atoms with Gasteiger partial charge in [-0.2, -0.15) is 10.5 Å². The number of thiophene rings is 1. The van der Waals surface area contributed by atoms with Crippen molar-refractivity contribution >= 4 is 27.8 Å². The van der Waals surface area contributed by atoms with Crippen LogP contribution >= 0.6 is 11.3 Å². The normalized spacial score (nSPS) is 18.7. The van der Waals surface area contributed by atoms with E-state index in [2.05, 4.69) is 12.1 Å². The van der Waals surface area contributed by atoms with Gasteiger partial charge in [-0.05, 0) is 43.2 Å². The second-order valence-electron chi connectivity index (χ2n) is 6.91. The average molecular weight is 417 g/mol. The van der Waals surface area contributed by atoms with Crippen LogP contribution in [0.1, 0.15) is 35.6 Å². The molecule has 0 amide bonds. The van der Waals surface area contributed by atoms with Crippen LogP contribution in [0.5, 0.6) is 0 Å². The summed E-state index contributed by atoms with van der Waals surface area (Å²) in [4.78, 5) is 25.9. The van der Waals surface area contributed by atoms with Gasteiger partial charge in [-0.1, -0.05) is 11.3 Å². The van der Waals surface area contributed by atoms with Crippen LogP contribution in [0, 0.1) is 32.8 Å². The van der Waals surface area contributed by atoms with Gasteiger partial charge in [0.25, 0.3) is 0 Å². The highest BCUT2D eigenvalue weighted by atomic mass is 32.1. The first-order chi connectivity index (χ1) is 14.5. The number of carbonyl (C=O) groups excluding carboxylic acids is 1. The number of anilines is 1. The van der Waals surface area contributed by atoms with Gasteiger partial charge in [-0.25, -0.2) is 0 Å². The summed E-state index contributed by atoms with van der Waals surface area (Å²) in [7, 11) is 0. The van der Waals surface area contributed by atoms with Crippen molar-refractivity contribution < 1.29 is 9.72 Å². The summed E-state index contributed by atoms with van der Waals surface area (Å²) in [5, 5.41) is 30.1. The van der Waals surface area contributed by atoms with Gasteiger partial charge in [0.05, 0.1) is 34.1 Å². The lowest BCUT2D eigenvalue weighted by Gasteiger charge is -2.39. The van der Waals surface area contributed by atoms with E-state index >= 15 is 0 Å². The molecule has 0 radical (unpaired) electrons. The van der Waals surface area contributed by atoms with Crippen molar-refractivity contribution in [3.8, 4) is 12.1 Å². The minimum absolute atomic E-state index is 0.0548. The molecular formula is C21H15N5O3S. The van der Waals surface area contributed by atoms with Crippen molar-refractivity contribution in [3.63, 3.8) is 0 Å². The van der Waals surface area contributed by atoms with Gasteiger partial charge in [0.1, 0.15) is 5.82 Å². The number of nitrogens with zero attached hydrogens (tertiary/aromatic N) is 4. The molecule has 8 nitrogen and oxygen atoms in total. The molecule has 2 aliphatic rings. The van der Waals surface area contributed by atoms with Gasteiger partial charge in [0.2, 0.25) is 0 Å². The van der Waals surface area contributed by atoms with E-state index in [1.165, 1.54) is 6.07 Å². The number of hydrogen-bond acceptors (Lipinski definition) is 8. The highest BCUT2D eigenvalue weighted by molar-refractivity contribution is 7.15. The van der Waals surface area contributed by atoms with Gasteiger partial charge in [0.15, 0.2) is 5.78 Å². The predicted molar refractivity (Wildman–Crippen MR) is 110 cm³/mol. The van der Waals surface area contributed by atoms with Gasteiger partial charge in [-0.3, -0.25) is 19.8 Å². The Morgan fingerprint density at radius 2 is 1.87 bits per heavy atom. The molecule has 2 aromatic rings. The second-order valence-corrected chi connectivity index (χ2v) is 8.00. The summed E-state index contributed by atoms with van der Waals surface area (Å²) in [6.45, 7) is 0. The highest BCUT2D eigenvalue weighted by Gasteiger charge is 2.41. The SMILES string of the molecule is N#CC1=C(N)N(c2ccc(C#N)cc2)C2=C(C(=O)CCC2)C1c1ccc([N+](=O)[O-])s1. The van der Waals surface area contributed by atoms with Crippen molar-refractivity contribution in [2.45, 2.75) is 25.2 Å². The Labute approximate surface area is 175 Å². The van der Waals surface area contributed by atoms with Gasteiger partial charge in [-0.15, -0.1) is 0 Å². The lowest BCUT2D eigenvalue weighted by molar-refractivity contribution is -0.380. The lowest BCUT2D eigenvalue weighted by atomic mass is 9.78. The number of nitriles is 2. The van der Waals surface area contributed by atoms with E-state index in [4.69, 9.17) is 11.0 Å². The fourth-order valence-corrected chi connectivity index (χ4v) is 4.89. The molecule has 1 atom stereocenters. The first-order valence-electron chi connectivity index (χ1n) is 9.16. The van der Waals surface area contributed by atoms with Crippen LogP contribution in [0.4, 0.5) is 10.7 Å². The van der Waals surface area contributed by atoms with Gasteiger partial charge in [0, 0.05) is 34.3 Å². The van der Waals surface area contributed by atoms with Crippen LogP contribution in [0.25, 0.3) is 0 Å².